The number of carbonyl (C=O) groups excluding carboxylic acids is 1. The highest BCUT2D eigenvalue weighted by Crippen LogP contribution is 2.33. The molecule has 2 aromatic carbocycles. The lowest BCUT2D eigenvalue weighted by molar-refractivity contribution is -0.0163. The second kappa shape index (κ2) is 8.36. The van der Waals surface area contributed by atoms with Gasteiger partial charge in [-0.2, -0.15) is 0 Å². The maximum atomic E-state index is 13.0. The van der Waals surface area contributed by atoms with Crippen LogP contribution in [0, 0.1) is 13.8 Å². The molecule has 6 nitrogen and oxygen atoms in total. The molecule has 30 heavy (non-hydrogen) atoms. The van der Waals surface area contributed by atoms with Crippen LogP contribution >= 0.6 is 11.6 Å². The van der Waals surface area contributed by atoms with E-state index in [2.05, 4.69) is 0 Å². The lowest BCUT2D eigenvalue weighted by atomic mass is 9.96. The van der Waals surface area contributed by atoms with Crippen molar-refractivity contribution in [1.29, 1.82) is 0 Å². The number of fused-ring (bicyclic) bond motifs is 1. The Morgan fingerprint density at radius 1 is 1.13 bits per heavy atom. The summed E-state index contributed by atoms with van der Waals surface area (Å²) in [6.45, 7) is 5.28. The molecular weight excluding hydrogens is 406 g/mol. The van der Waals surface area contributed by atoms with Crippen LogP contribution in [-0.2, 0) is 0 Å². The quantitative estimate of drug-likeness (QED) is 0.788. The van der Waals surface area contributed by atoms with E-state index in [1.165, 1.54) is 0 Å². The Morgan fingerprint density at radius 2 is 1.87 bits per heavy atom. The minimum Gasteiger partial charge on any atom is -0.491 e. The van der Waals surface area contributed by atoms with Gasteiger partial charge in [0.15, 0.2) is 11.5 Å². The molecule has 160 valence electrons. The number of nitrogens with zero attached hydrogens (tertiary/aromatic N) is 1. The topological polar surface area (TPSA) is 68.2 Å². The van der Waals surface area contributed by atoms with Crippen LogP contribution in [0.5, 0.6) is 17.2 Å². The van der Waals surface area contributed by atoms with Gasteiger partial charge in [0.1, 0.15) is 18.0 Å². The standard InChI is InChI=1S/C23H26ClNO5/c1-15-10-18(11-16(2)21(15)24)28-13-23(27)6-3-8-25(9-7-23)22(26)17-4-5-19-20(12-17)30-14-29-19/h4-5,10-12,27H,3,6-9,13-14H2,1-2H3. The van der Waals surface area contributed by atoms with E-state index in [9.17, 15) is 9.90 Å². The fourth-order valence-corrected chi connectivity index (χ4v) is 4.05. The zero-order chi connectivity index (χ0) is 21.3. The highest BCUT2D eigenvalue weighted by atomic mass is 35.5. The van der Waals surface area contributed by atoms with Gasteiger partial charge in [0.25, 0.3) is 5.91 Å². The number of carbonyl (C=O) groups is 1. The van der Waals surface area contributed by atoms with Crippen LogP contribution in [0.1, 0.15) is 40.7 Å². The zero-order valence-corrected chi connectivity index (χ0v) is 18.0. The Morgan fingerprint density at radius 3 is 2.63 bits per heavy atom. The second-order valence-electron chi connectivity index (χ2n) is 8.10. The molecule has 1 N–H and O–H groups in total. The summed E-state index contributed by atoms with van der Waals surface area (Å²) < 4.78 is 16.6. The number of benzene rings is 2. The van der Waals surface area contributed by atoms with Crippen molar-refractivity contribution in [2.24, 2.45) is 0 Å². The first-order valence-electron chi connectivity index (χ1n) is 10.2. The molecule has 1 amide bonds. The molecule has 0 bridgehead atoms. The molecule has 1 unspecified atom stereocenters. The summed E-state index contributed by atoms with van der Waals surface area (Å²) in [7, 11) is 0. The number of hydrogen-bond donors (Lipinski definition) is 1. The average molecular weight is 432 g/mol. The van der Waals surface area contributed by atoms with E-state index in [1.807, 2.05) is 26.0 Å². The zero-order valence-electron chi connectivity index (χ0n) is 17.2. The van der Waals surface area contributed by atoms with Gasteiger partial charge >= 0.3 is 0 Å². The predicted molar refractivity (Wildman–Crippen MR) is 114 cm³/mol. The van der Waals surface area contributed by atoms with Crippen LogP contribution in [0.4, 0.5) is 0 Å². The number of ether oxygens (including phenoxy) is 3. The Labute approximate surface area is 181 Å². The van der Waals surface area contributed by atoms with Gasteiger partial charge in [0, 0.05) is 23.7 Å². The molecule has 2 aromatic rings. The average Bonchev–Trinajstić information content (AvgIpc) is 3.11. The van der Waals surface area contributed by atoms with Gasteiger partial charge in [-0.25, -0.2) is 0 Å². The smallest absolute Gasteiger partial charge is 0.253 e. The summed E-state index contributed by atoms with van der Waals surface area (Å²) in [5, 5.41) is 11.8. The van der Waals surface area contributed by atoms with Crippen molar-refractivity contribution in [1.82, 2.24) is 4.90 Å². The third-order valence-electron chi connectivity index (χ3n) is 5.74. The molecule has 0 saturated carbocycles. The maximum absolute atomic E-state index is 13.0. The summed E-state index contributed by atoms with van der Waals surface area (Å²) in [6.07, 6.45) is 1.73. The molecule has 0 spiro atoms. The molecule has 0 aromatic heterocycles. The molecule has 2 aliphatic heterocycles. The summed E-state index contributed by atoms with van der Waals surface area (Å²) in [5.41, 5.74) is 1.47. The van der Waals surface area contributed by atoms with E-state index < -0.39 is 5.60 Å². The molecule has 1 fully saturated rings. The minimum absolute atomic E-state index is 0.0672. The number of aliphatic hydroxyl groups is 1. The lowest BCUT2D eigenvalue weighted by Crippen LogP contribution is -2.38. The predicted octanol–water partition coefficient (Wildman–Crippen LogP) is 4.12. The van der Waals surface area contributed by atoms with E-state index >= 15 is 0 Å². The highest BCUT2D eigenvalue weighted by molar-refractivity contribution is 6.32. The third kappa shape index (κ3) is 4.35. The monoisotopic (exact) mass is 431 g/mol. The number of rotatable bonds is 4. The van der Waals surface area contributed by atoms with E-state index in [4.69, 9.17) is 25.8 Å². The van der Waals surface area contributed by atoms with Crippen LogP contribution in [0.3, 0.4) is 0 Å². The van der Waals surface area contributed by atoms with Gasteiger partial charge in [-0.3, -0.25) is 4.79 Å². The van der Waals surface area contributed by atoms with Gasteiger partial charge < -0.3 is 24.2 Å². The fourth-order valence-electron chi connectivity index (χ4n) is 3.95. The molecule has 1 saturated heterocycles. The second-order valence-corrected chi connectivity index (χ2v) is 8.48. The molecule has 4 rings (SSSR count). The van der Waals surface area contributed by atoms with Gasteiger partial charge in [0.05, 0.1) is 0 Å². The Bertz CT molecular complexity index is 940. The first kappa shape index (κ1) is 20.8. The van der Waals surface area contributed by atoms with E-state index in [1.54, 1.807) is 23.1 Å². The Kier molecular flexibility index (Phi) is 5.80. The van der Waals surface area contributed by atoms with Crippen LogP contribution in [0.25, 0.3) is 0 Å². The van der Waals surface area contributed by atoms with Crippen LogP contribution in [0.2, 0.25) is 5.02 Å². The van der Waals surface area contributed by atoms with Gasteiger partial charge in [0.2, 0.25) is 6.79 Å². The number of amides is 1. The third-order valence-corrected chi connectivity index (χ3v) is 6.34. The normalized spacial score (nSPS) is 20.7. The van der Waals surface area contributed by atoms with Crippen molar-refractivity contribution in [2.75, 3.05) is 26.5 Å². The first-order valence-corrected chi connectivity index (χ1v) is 10.5. The van der Waals surface area contributed by atoms with Gasteiger partial charge in [-0.15, -0.1) is 0 Å². The molecule has 7 heteroatoms. The van der Waals surface area contributed by atoms with Gasteiger partial charge in [-0.1, -0.05) is 11.6 Å². The van der Waals surface area contributed by atoms with Crippen LogP contribution < -0.4 is 14.2 Å². The number of hydrogen-bond acceptors (Lipinski definition) is 5. The summed E-state index contributed by atoms with van der Waals surface area (Å²) in [5.74, 6) is 1.87. The molecule has 2 aliphatic rings. The van der Waals surface area contributed by atoms with Crippen molar-refractivity contribution in [3.63, 3.8) is 0 Å². The maximum Gasteiger partial charge on any atom is 0.253 e. The first-order chi connectivity index (χ1) is 14.3. The molecule has 1 atom stereocenters. The SMILES string of the molecule is Cc1cc(OCC2(O)CCCN(C(=O)c3ccc4c(c3)OCO4)CC2)cc(C)c1Cl. The van der Waals surface area contributed by atoms with Crippen LogP contribution in [-0.4, -0.2) is 48.0 Å². The molecular formula is C23H26ClNO5. The molecule has 0 radical (unpaired) electrons. The molecule has 0 aliphatic carbocycles. The van der Waals surface area contributed by atoms with Crippen molar-refractivity contribution in [3.05, 3.63) is 52.0 Å². The summed E-state index contributed by atoms with van der Waals surface area (Å²) in [6, 6.07) is 8.99. The summed E-state index contributed by atoms with van der Waals surface area (Å²) >= 11 is 6.22. The highest BCUT2D eigenvalue weighted by Gasteiger charge is 2.33. The number of likely N-dealkylation sites (tertiary alicyclic amines) is 1. The van der Waals surface area contributed by atoms with E-state index in [0.717, 1.165) is 16.1 Å². The lowest BCUT2D eigenvalue weighted by Gasteiger charge is -2.27. The summed E-state index contributed by atoms with van der Waals surface area (Å²) in [4.78, 5) is 14.7. The largest absolute Gasteiger partial charge is 0.491 e. The van der Waals surface area contributed by atoms with E-state index in [0.29, 0.717) is 55.2 Å². The Balaban J connectivity index is 1.38. The van der Waals surface area contributed by atoms with Crippen molar-refractivity contribution in [2.45, 2.75) is 38.7 Å². The van der Waals surface area contributed by atoms with Crippen molar-refractivity contribution < 1.29 is 24.1 Å². The van der Waals surface area contributed by atoms with Gasteiger partial charge in [-0.05, 0) is 74.6 Å². The minimum atomic E-state index is -0.981. The number of aryl methyl sites for hydroxylation is 2. The van der Waals surface area contributed by atoms with Crippen molar-refractivity contribution >= 4 is 17.5 Å². The Hall–Kier alpha value is -2.44. The molecule has 2 heterocycles. The fraction of sp³-hybridized carbons (Fsp3) is 0.435. The van der Waals surface area contributed by atoms with E-state index in [-0.39, 0.29) is 19.3 Å². The number of halogens is 1. The van der Waals surface area contributed by atoms with Crippen LogP contribution in [0.15, 0.2) is 30.3 Å². The van der Waals surface area contributed by atoms with Crippen molar-refractivity contribution in [3.8, 4) is 17.2 Å².